The molecule has 0 N–H and O–H groups in total. The second-order valence-corrected chi connectivity index (χ2v) is 13.1. The summed E-state index contributed by atoms with van der Waals surface area (Å²) >= 11 is 0. The minimum atomic E-state index is -2.06. The smallest absolute Gasteiger partial charge is 0.125 e. The summed E-state index contributed by atoms with van der Waals surface area (Å²) in [6.45, 7) is 8.03. The molecule has 0 nitrogen and oxygen atoms in total. The summed E-state index contributed by atoms with van der Waals surface area (Å²) in [6.07, 6.45) is 2.22. The largest absolute Gasteiger partial charge is 0.207 e. The quantitative estimate of drug-likeness (QED) is 0.427. The molecule has 0 spiro atoms. The van der Waals surface area contributed by atoms with Gasteiger partial charge >= 0.3 is 0 Å². The minimum absolute atomic E-state index is 0.273. The molecule has 0 saturated heterocycles. The van der Waals surface area contributed by atoms with Gasteiger partial charge in [0.2, 0.25) is 0 Å². The third kappa shape index (κ3) is 4.36. The van der Waals surface area contributed by atoms with Crippen LogP contribution in [0.15, 0.2) is 60.7 Å². The van der Waals surface area contributed by atoms with E-state index in [-0.39, 0.29) is 5.19 Å². The molecule has 0 aromatic heterocycles. The van der Waals surface area contributed by atoms with Gasteiger partial charge in [-0.05, 0) is 46.4 Å². The molecule has 3 aromatic carbocycles. The van der Waals surface area contributed by atoms with Gasteiger partial charge in [-0.3, -0.25) is 0 Å². The highest BCUT2D eigenvalue weighted by Gasteiger charge is 2.25. The molecule has 0 radical (unpaired) electrons. The number of benzene rings is 3. The Morgan fingerprint density at radius 1 is 0.667 bits per heavy atom. The van der Waals surface area contributed by atoms with Crippen molar-refractivity contribution in [3.63, 3.8) is 0 Å². The summed E-state index contributed by atoms with van der Waals surface area (Å²) < 4.78 is 29.1. The van der Waals surface area contributed by atoms with Gasteiger partial charge in [-0.1, -0.05) is 81.5 Å². The van der Waals surface area contributed by atoms with Crippen LogP contribution in [0.25, 0.3) is 22.3 Å². The lowest BCUT2D eigenvalue weighted by atomic mass is 9.99. The molecule has 0 bridgehead atoms. The molecule has 0 heterocycles. The van der Waals surface area contributed by atoms with Crippen LogP contribution in [0, 0.1) is 11.6 Å². The van der Waals surface area contributed by atoms with E-state index in [1.54, 1.807) is 0 Å². The van der Waals surface area contributed by atoms with Gasteiger partial charge in [0.25, 0.3) is 0 Å². The van der Waals surface area contributed by atoms with Gasteiger partial charge in [0.15, 0.2) is 0 Å². The maximum Gasteiger partial charge on any atom is 0.125 e. The van der Waals surface area contributed by atoms with Crippen LogP contribution in [-0.2, 0) is 6.42 Å². The van der Waals surface area contributed by atoms with Crippen LogP contribution in [0.1, 0.15) is 18.9 Å². The third-order valence-electron chi connectivity index (χ3n) is 4.84. The highest BCUT2D eigenvalue weighted by Crippen LogP contribution is 2.27. The van der Waals surface area contributed by atoms with E-state index in [4.69, 9.17) is 0 Å². The van der Waals surface area contributed by atoms with Gasteiger partial charge in [0.1, 0.15) is 11.6 Å². The van der Waals surface area contributed by atoms with Crippen molar-refractivity contribution in [3.05, 3.63) is 77.9 Å². The first-order chi connectivity index (χ1) is 12.8. The normalized spacial score (nSPS) is 11.6. The number of aryl methyl sites for hydroxylation is 1. The number of rotatable bonds is 5. The van der Waals surface area contributed by atoms with Crippen LogP contribution < -0.4 is 5.19 Å². The molecule has 3 heteroatoms. The zero-order valence-electron chi connectivity index (χ0n) is 16.4. The molecule has 0 amide bonds. The fraction of sp³-hybridized carbons (Fsp3) is 0.250. The Morgan fingerprint density at radius 2 is 1.07 bits per heavy atom. The number of hydrogen-bond acceptors (Lipinski definition) is 0. The number of halogens is 2. The summed E-state index contributed by atoms with van der Waals surface area (Å²) in [5.41, 5.74) is 4.98. The molecule has 0 fully saturated rings. The van der Waals surface area contributed by atoms with E-state index in [9.17, 15) is 8.78 Å². The highest BCUT2D eigenvalue weighted by molar-refractivity contribution is 6.88. The predicted molar refractivity (Wildman–Crippen MR) is 114 cm³/mol. The van der Waals surface area contributed by atoms with Crippen molar-refractivity contribution in [2.75, 3.05) is 0 Å². The zero-order chi connectivity index (χ0) is 19.6. The first-order valence-corrected chi connectivity index (χ1v) is 13.0. The van der Waals surface area contributed by atoms with E-state index in [0.717, 1.165) is 29.5 Å². The Hall–Kier alpha value is -2.26. The number of hydrogen-bond donors (Lipinski definition) is 0. The monoisotopic (exact) mass is 380 g/mol. The Morgan fingerprint density at radius 3 is 1.48 bits per heavy atom. The molecule has 0 aliphatic carbocycles. The molecule has 27 heavy (non-hydrogen) atoms. The van der Waals surface area contributed by atoms with Gasteiger partial charge in [-0.25, -0.2) is 8.78 Å². The molecule has 0 saturated carbocycles. The summed E-state index contributed by atoms with van der Waals surface area (Å²) in [5, 5.41) is 0.273. The maximum atomic E-state index is 14.5. The Kier molecular flexibility index (Phi) is 5.61. The summed E-state index contributed by atoms with van der Waals surface area (Å²) in [4.78, 5) is 0. The first-order valence-electron chi connectivity index (χ1n) is 9.49. The molecular formula is C24H26F2Si. The van der Waals surface area contributed by atoms with E-state index in [2.05, 4.69) is 31.2 Å². The minimum Gasteiger partial charge on any atom is -0.207 e. The lowest BCUT2D eigenvalue weighted by Gasteiger charge is -2.19. The molecule has 0 aliphatic heterocycles. The molecule has 0 aliphatic rings. The fourth-order valence-electron chi connectivity index (χ4n) is 3.46. The topological polar surface area (TPSA) is 0 Å². The van der Waals surface area contributed by atoms with E-state index < -0.39 is 19.7 Å². The molecular weight excluding hydrogens is 354 g/mol. The van der Waals surface area contributed by atoms with Crippen molar-refractivity contribution in [2.45, 2.75) is 39.4 Å². The van der Waals surface area contributed by atoms with Crippen molar-refractivity contribution >= 4 is 13.3 Å². The van der Waals surface area contributed by atoms with Gasteiger partial charge in [-0.2, -0.15) is 0 Å². The van der Waals surface area contributed by atoms with E-state index in [1.807, 2.05) is 43.9 Å². The summed E-state index contributed by atoms with van der Waals surface area (Å²) in [7, 11) is -2.06. The molecule has 140 valence electrons. The van der Waals surface area contributed by atoms with E-state index in [1.165, 1.54) is 17.7 Å². The van der Waals surface area contributed by atoms with Crippen molar-refractivity contribution in [1.29, 1.82) is 0 Å². The highest BCUT2D eigenvalue weighted by atomic mass is 28.3. The SMILES string of the molecule is CCCc1ccc(-c2ccc(-c3cc(F)c([Si](C)(C)C)c(F)c3)cc2)cc1. The summed E-state index contributed by atoms with van der Waals surface area (Å²) in [5.74, 6) is -0.862. The van der Waals surface area contributed by atoms with Crippen LogP contribution in [0.4, 0.5) is 8.78 Å². The molecule has 3 aromatic rings. The Bertz CT molecular complexity index is 897. The predicted octanol–water partition coefficient (Wildman–Crippen LogP) is 6.80. The fourth-order valence-corrected chi connectivity index (χ4v) is 5.04. The molecule has 0 unspecified atom stereocenters. The first kappa shape index (κ1) is 19.5. The Balaban J connectivity index is 1.89. The molecule has 0 atom stereocenters. The average Bonchev–Trinajstić information content (AvgIpc) is 2.61. The van der Waals surface area contributed by atoms with Crippen LogP contribution >= 0.6 is 0 Å². The maximum absolute atomic E-state index is 14.5. The van der Waals surface area contributed by atoms with Crippen LogP contribution in [0.3, 0.4) is 0 Å². The van der Waals surface area contributed by atoms with Crippen molar-refractivity contribution in [1.82, 2.24) is 0 Å². The van der Waals surface area contributed by atoms with Crippen molar-refractivity contribution in [3.8, 4) is 22.3 Å². The second kappa shape index (κ2) is 7.77. The van der Waals surface area contributed by atoms with Crippen molar-refractivity contribution < 1.29 is 8.78 Å². The van der Waals surface area contributed by atoms with Gasteiger partial charge in [0, 0.05) is 5.19 Å². The van der Waals surface area contributed by atoms with Gasteiger partial charge in [-0.15, -0.1) is 0 Å². The van der Waals surface area contributed by atoms with E-state index in [0.29, 0.717) is 5.56 Å². The van der Waals surface area contributed by atoms with Crippen LogP contribution in [0.2, 0.25) is 19.6 Å². The Labute approximate surface area is 161 Å². The van der Waals surface area contributed by atoms with Crippen LogP contribution in [0.5, 0.6) is 0 Å². The standard InChI is InChI=1S/C24H26F2Si/c1-5-6-17-7-9-18(10-8-17)19-11-13-20(14-12-19)21-15-22(25)24(23(26)16-21)27(2,3)4/h7-16H,5-6H2,1-4H3. The average molecular weight is 381 g/mol. The van der Waals surface area contributed by atoms with Gasteiger partial charge in [0.05, 0.1) is 8.07 Å². The van der Waals surface area contributed by atoms with Gasteiger partial charge < -0.3 is 0 Å². The lowest BCUT2D eigenvalue weighted by Crippen LogP contribution is -2.42. The van der Waals surface area contributed by atoms with E-state index >= 15 is 0 Å². The zero-order valence-corrected chi connectivity index (χ0v) is 17.4. The third-order valence-corrected chi connectivity index (χ3v) is 6.81. The van der Waals surface area contributed by atoms with Crippen molar-refractivity contribution in [2.24, 2.45) is 0 Å². The second-order valence-electron chi connectivity index (χ2n) is 8.09. The van der Waals surface area contributed by atoms with Crippen LogP contribution in [-0.4, -0.2) is 8.07 Å². The lowest BCUT2D eigenvalue weighted by molar-refractivity contribution is 0.597. The summed E-state index contributed by atoms with van der Waals surface area (Å²) in [6, 6.07) is 19.4. The molecule has 3 rings (SSSR count).